The van der Waals surface area contributed by atoms with Gasteiger partial charge in [0.2, 0.25) is 0 Å². The van der Waals surface area contributed by atoms with Crippen molar-refractivity contribution in [2.45, 2.75) is 6.04 Å². The molecule has 0 saturated carbocycles. The summed E-state index contributed by atoms with van der Waals surface area (Å²) < 4.78 is 0. The van der Waals surface area contributed by atoms with Crippen molar-refractivity contribution in [3.05, 3.63) is 94.4 Å². The second-order valence-electron chi connectivity index (χ2n) is 6.07. The predicted molar refractivity (Wildman–Crippen MR) is 110 cm³/mol. The number of aromatic nitrogens is 2. The fourth-order valence-electron chi connectivity index (χ4n) is 3.03. The Morgan fingerprint density at radius 3 is 2.59 bits per heavy atom. The summed E-state index contributed by atoms with van der Waals surface area (Å²) in [6.45, 7) is 0. The summed E-state index contributed by atoms with van der Waals surface area (Å²) in [7, 11) is 0. The maximum absolute atomic E-state index is 10.9. The first kappa shape index (κ1) is 17.6. The molecule has 27 heavy (non-hydrogen) atoms. The van der Waals surface area contributed by atoms with Gasteiger partial charge in [-0.15, -0.1) is 0 Å². The minimum atomic E-state index is -0.371. The minimum Gasteiger partial charge on any atom is -0.505 e. The number of benzene rings is 2. The van der Waals surface area contributed by atoms with Crippen LogP contribution >= 0.6 is 23.2 Å². The number of phenolic OH excluding ortho intramolecular Hbond substituents is 1. The fraction of sp³-hybridized carbons (Fsp3) is 0.0476. The van der Waals surface area contributed by atoms with Gasteiger partial charge in [-0.2, -0.15) is 0 Å². The SMILES string of the molecule is Oc1c(C(Nc2ccc(Cl)cc2Cl)c2cccnc2)ccc2cccnc12. The highest BCUT2D eigenvalue weighted by Gasteiger charge is 2.21. The first-order valence-corrected chi connectivity index (χ1v) is 9.07. The van der Waals surface area contributed by atoms with Gasteiger partial charge in [0.25, 0.3) is 0 Å². The molecule has 1 atom stereocenters. The number of hydrogen-bond acceptors (Lipinski definition) is 4. The van der Waals surface area contributed by atoms with Gasteiger partial charge in [-0.3, -0.25) is 9.97 Å². The molecule has 0 amide bonds. The lowest BCUT2D eigenvalue weighted by Crippen LogP contribution is -2.13. The van der Waals surface area contributed by atoms with Crippen LogP contribution in [-0.2, 0) is 0 Å². The summed E-state index contributed by atoms with van der Waals surface area (Å²) in [5.41, 5.74) is 2.82. The molecule has 4 nitrogen and oxygen atoms in total. The van der Waals surface area contributed by atoms with E-state index >= 15 is 0 Å². The summed E-state index contributed by atoms with van der Waals surface area (Å²) >= 11 is 12.4. The zero-order valence-corrected chi connectivity index (χ0v) is 15.6. The molecule has 4 aromatic rings. The lowest BCUT2D eigenvalue weighted by Gasteiger charge is -2.23. The van der Waals surface area contributed by atoms with E-state index in [1.807, 2.05) is 42.5 Å². The number of nitrogens with zero attached hydrogens (tertiary/aromatic N) is 2. The number of aromatic hydroxyl groups is 1. The summed E-state index contributed by atoms with van der Waals surface area (Å²) in [4.78, 5) is 8.53. The van der Waals surface area contributed by atoms with Gasteiger partial charge in [0.05, 0.1) is 16.8 Å². The van der Waals surface area contributed by atoms with Gasteiger partial charge in [0, 0.05) is 34.6 Å². The molecule has 0 aliphatic heterocycles. The Hall–Kier alpha value is -2.82. The number of pyridine rings is 2. The quantitative estimate of drug-likeness (QED) is 0.455. The van der Waals surface area contributed by atoms with Crippen molar-refractivity contribution in [1.82, 2.24) is 9.97 Å². The second kappa shape index (κ2) is 7.43. The molecular formula is C21H15Cl2N3O. The van der Waals surface area contributed by atoms with Crippen molar-refractivity contribution in [3.63, 3.8) is 0 Å². The van der Waals surface area contributed by atoms with Gasteiger partial charge >= 0.3 is 0 Å². The number of fused-ring (bicyclic) bond motifs is 1. The van der Waals surface area contributed by atoms with E-state index in [1.165, 1.54) is 0 Å². The predicted octanol–water partition coefficient (Wildman–Crippen LogP) is 5.84. The third-order valence-electron chi connectivity index (χ3n) is 4.34. The van der Waals surface area contributed by atoms with Crippen LogP contribution in [0.1, 0.15) is 17.2 Å². The Morgan fingerprint density at radius 2 is 1.81 bits per heavy atom. The third kappa shape index (κ3) is 3.54. The molecule has 6 heteroatoms. The summed E-state index contributed by atoms with van der Waals surface area (Å²) in [6, 6.07) is 16.2. The van der Waals surface area contributed by atoms with Crippen molar-refractivity contribution in [2.24, 2.45) is 0 Å². The zero-order chi connectivity index (χ0) is 18.8. The van der Waals surface area contributed by atoms with Crippen LogP contribution in [0.4, 0.5) is 5.69 Å². The molecule has 0 fully saturated rings. The Labute approximate surface area is 166 Å². The highest BCUT2D eigenvalue weighted by Crippen LogP contribution is 2.37. The van der Waals surface area contributed by atoms with Crippen LogP contribution in [0, 0.1) is 0 Å². The number of nitrogens with one attached hydrogen (secondary N) is 1. The maximum atomic E-state index is 10.9. The number of hydrogen-bond donors (Lipinski definition) is 2. The molecule has 134 valence electrons. The molecule has 4 rings (SSSR count). The fourth-order valence-corrected chi connectivity index (χ4v) is 3.49. The van der Waals surface area contributed by atoms with Crippen LogP contribution in [0.15, 0.2) is 73.2 Å². The molecule has 0 saturated heterocycles. The average molecular weight is 396 g/mol. The van der Waals surface area contributed by atoms with Gasteiger partial charge < -0.3 is 10.4 Å². The highest BCUT2D eigenvalue weighted by atomic mass is 35.5. The topological polar surface area (TPSA) is 58.0 Å². The largest absolute Gasteiger partial charge is 0.505 e. The monoisotopic (exact) mass is 395 g/mol. The molecular weight excluding hydrogens is 381 g/mol. The summed E-state index contributed by atoms with van der Waals surface area (Å²) in [5.74, 6) is 0.125. The molecule has 2 N–H and O–H groups in total. The molecule has 0 aliphatic carbocycles. The van der Waals surface area contributed by atoms with Crippen LogP contribution < -0.4 is 5.32 Å². The molecule has 2 aromatic carbocycles. The summed E-state index contributed by atoms with van der Waals surface area (Å²) in [5, 5.41) is 16.2. The molecule has 1 unspecified atom stereocenters. The second-order valence-corrected chi connectivity index (χ2v) is 6.91. The molecule has 0 spiro atoms. The Bertz CT molecular complexity index is 1100. The van der Waals surface area contributed by atoms with Crippen LogP contribution in [-0.4, -0.2) is 15.1 Å². The van der Waals surface area contributed by atoms with E-state index in [9.17, 15) is 5.11 Å². The van der Waals surface area contributed by atoms with E-state index in [4.69, 9.17) is 23.2 Å². The van der Waals surface area contributed by atoms with Crippen LogP contribution in [0.25, 0.3) is 10.9 Å². The first-order chi connectivity index (χ1) is 13.1. The van der Waals surface area contributed by atoms with Gasteiger partial charge in [-0.25, -0.2) is 0 Å². The standard InChI is InChI=1S/C21H15Cl2N3O/c22-15-6-8-18(17(23)11-15)26-19(14-4-1-9-24-12-14)16-7-5-13-3-2-10-25-20(13)21(16)27/h1-12,19,26-27H. The average Bonchev–Trinajstić information content (AvgIpc) is 2.69. The molecule has 0 bridgehead atoms. The minimum absolute atomic E-state index is 0.125. The number of rotatable bonds is 4. The van der Waals surface area contributed by atoms with Crippen LogP contribution in [0.5, 0.6) is 5.75 Å². The molecule has 0 aliphatic rings. The van der Waals surface area contributed by atoms with Gasteiger partial charge in [-0.05, 0) is 35.9 Å². The third-order valence-corrected chi connectivity index (χ3v) is 4.89. The lowest BCUT2D eigenvalue weighted by molar-refractivity contribution is 0.471. The van der Waals surface area contributed by atoms with Crippen molar-refractivity contribution in [1.29, 1.82) is 0 Å². The van der Waals surface area contributed by atoms with E-state index in [0.29, 0.717) is 26.8 Å². The molecule has 2 heterocycles. The number of phenols is 1. The smallest absolute Gasteiger partial charge is 0.147 e. The van der Waals surface area contributed by atoms with Crippen LogP contribution in [0.2, 0.25) is 10.0 Å². The van der Waals surface area contributed by atoms with Crippen molar-refractivity contribution in [3.8, 4) is 5.75 Å². The Balaban J connectivity index is 1.85. The highest BCUT2D eigenvalue weighted by molar-refractivity contribution is 6.36. The normalized spacial score (nSPS) is 12.1. The Morgan fingerprint density at radius 1 is 0.963 bits per heavy atom. The van der Waals surface area contributed by atoms with Crippen molar-refractivity contribution < 1.29 is 5.11 Å². The van der Waals surface area contributed by atoms with E-state index in [-0.39, 0.29) is 11.8 Å². The zero-order valence-electron chi connectivity index (χ0n) is 14.1. The Kier molecular flexibility index (Phi) is 4.84. The van der Waals surface area contributed by atoms with Crippen LogP contribution in [0.3, 0.4) is 0 Å². The van der Waals surface area contributed by atoms with E-state index in [2.05, 4.69) is 15.3 Å². The van der Waals surface area contributed by atoms with Gasteiger partial charge in [0.15, 0.2) is 0 Å². The first-order valence-electron chi connectivity index (χ1n) is 8.31. The number of halogens is 2. The van der Waals surface area contributed by atoms with Crippen molar-refractivity contribution in [2.75, 3.05) is 5.32 Å². The lowest BCUT2D eigenvalue weighted by atomic mass is 9.97. The number of anilines is 1. The van der Waals surface area contributed by atoms with E-state index in [1.54, 1.807) is 30.7 Å². The van der Waals surface area contributed by atoms with Gasteiger partial charge in [-0.1, -0.05) is 47.5 Å². The maximum Gasteiger partial charge on any atom is 0.147 e. The van der Waals surface area contributed by atoms with Gasteiger partial charge in [0.1, 0.15) is 11.3 Å². The van der Waals surface area contributed by atoms with E-state index < -0.39 is 0 Å². The van der Waals surface area contributed by atoms with E-state index in [0.717, 1.165) is 10.9 Å². The summed E-state index contributed by atoms with van der Waals surface area (Å²) in [6.07, 6.45) is 5.12. The molecule has 2 aromatic heterocycles. The molecule has 0 radical (unpaired) electrons. The van der Waals surface area contributed by atoms with Crippen molar-refractivity contribution >= 4 is 39.8 Å².